The fourth-order valence-corrected chi connectivity index (χ4v) is 2.05. The van der Waals surface area contributed by atoms with Crippen LogP contribution >= 0.6 is 11.6 Å². The van der Waals surface area contributed by atoms with Gasteiger partial charge in [0.15, 0.2) is 12.3 Å². The highest BCUT2D eigenvalue weighted by atomic mass is 35.5. The summed E-state index contributed by atoms with van der Waals surface area (Å²) in [7, 11) is 0. The fraction of sp³-hybridized carbons (Fsp3) is 0.125. The van der Waals surface area contributed by atoms with Crippen LogP contribution in [0.1, 0.15) is 11.3 Å². The number of aromatic nitrogens is 3. The minimum atomic E-state index is 0.252. The summed E-state index contributed by atoms with van der Waals surface area (Å²) in [5.41, 5.74) is 2.46. The first kappa shape index (κ1) is 13.5. The van der Waals surface area contributed by atoms with Crippen molar-refractivity contribution in [2.75, 3.05) is 6.61 Å². The van der Waals surface area contributed by atoms with E-state index in [4.69, 9.17) is 16.3 Å². The van der Waals surface area contributed by atoms with Crippen molar-refractivity contribution in [3.63, 3.8) is 0 Å². The highest BCUT2D eigenvalue weighted by Crippen LogP contribution is 2.13. The van der Waals surface area contributed by atoms with Gasteiger partial charge in [0.05, 0.1) is 10.7 Å². The van der Waals surface area contributed by atoms with Gasteiger partial charge in [-0.15, -0.1) is 0 Å². The lowest BCUT2D eigenvalue weighted by atomic mass is 10.2. The third-order valence-corrected chi connectivity index (χ3v) is 3.14. The molecule has 0 radical (unpaired) electrons. The molecule has 3 rings (SSSR count). The van der Waals surface area contributed by atoms with Crippen LogP contribution in [0, 0.1) is 18.8 Å². The van der Waals surface area contributed by atoms with Crippen molar-refractivity contribution in [1.29, 1.82) is 0 Å². The third-order valence-electron chi connectivity index (χ3n) is 2.81. The maximum atomic E-state index is 6.02. The molecule has 0 aliphatic carbocycles. The highest BCUT2D eigenvalue weighted by Gasteiger charge is 2.01. The monoisotopic (exact) mass is 297 g/mol. The first-order chi connectivity index (χ1) is 10.2. The lowest BCUT2D eigenvalue weighted by Crippen LogP contribution is -1.98. The maximum absolute atomic E-state index is 6.02. The Morgan fingerprint density at radius 2 is 2.14 bits per heavy atom. The number of hydrogen-bond donors (Lipinski definition) is 0. The molecule has 21 heavy (non-hydrogen) atoms. The molecule has 1 aromatic carbocycles. The molecule has 4 nitrogen and oxygen atoms in total. The number of benzene rings is 1. The number of fused-ring (bicyclic) bond motifs is 1. The summed E-state index contributed by atoms with van der Waals surface area (Å²) in [4.78, 5) is 4.34. The van der Waals surface area contributed by atoms with Gasteiger partial charge in [0.25, 0.3) is 0 Å². The van der Waals surface area contributed by atoms with Gasteiger partial charge in [0.2, 0.25) is 5.88 Å². The predicted molar refractivity (Wildman–Crippen MR) is 81.5 cm³/mol. The molecule has 0 bridgehead atoms. The van der Waals surface area contributed by atoms with E-state index >= 15 is 0 Å². The molecule has 0 spiro atoms. The SMILES string of the molecule is Cc1cc2nc(OCC#Cc3ccccc3Cl)ccn2n1. The van der Waals surface area contributed by atoms with Gasteiger partial charge in [-0.25, -0.2) is 4.52 Å². The smallest absolute Gasteiger partial charge is 0.217 e. The molecule has 0 N–H and O–H groups in total. The summed E-state index contributed by atoms with van der Waals surface area (Å²) >= 11 is 6.02. The van der Waals surface area contributed by atoms with Crippen LogP contribution in [-0.4, -0.2) is 21.2 Å². The van der Waals surface area contributed by atoms with Gasteiger partial charge in [0, 0.05) is 23.9 Å². The molecule has 2 aromatic heterocycles. The first-order valence-corrected chi connectivity index (χ1v) is 6.79. The molecule has 104 valence electrons. The zero-order valence-electron chi connectivity index (χ0n) is 11.4. The van der Waals surface area contributed by atoms with Gasteiger partial charge in [-0.1, -0.05) is 35.6 Å². The number of nitrogens with zero attached hydrogens (tertiary/aromatic N) is 3. The van der Waals surface area contributed by atoms with Crippen molar-refractivity contribution in [3.05, 3.63) is 58.9 Å². The topological polar surface area (TPSA) is 39.4 Å². The Balaban J connectivity index is 1.68. The van der Waals surface area contributed by atoms with Gasteiger partial charge in [-0.2, -0.15) is 10.1 Å². The molecule has 0 fully saturated rings. The molecule has 0 amide bonds. The van der Waals surface area contributed by atoms with Crippen molar-refractivity contribution in [2.24, 2.45) is 0 Å². The largest absolute Gasteiger partial charge is 0.464 e. The van der Waals surface area contributed by atoms with E-state index in [9.17, 15) is 0 Å². The van der Waals surface area contributed by atoms with E-state index in [0.717, 1.165) is 16.9 Å². The summed E-state index contributed by atoms with van der Waals surface area (Å²) < 4.78 is 7.22. The minimum absolute atomic E-state index is 0.252. The van der Waals surface area contributed by atoms with E-state index in [1.54, 1.807) is 10.6 Å². The molecule has 3 aromatic rings. The van der Waals surface area contributed by atoms with Crippen molar-refractivity contribution in [2.45, 2.75) is 6.92 Å². The number of hydrogen-bond acceptors (Lipinski definition) is 3. The summed E-state index contributed by atoms with van der Waals surface area (Å²) in [6.45, 7) is 2.17. The summed E-state index contributed by atoms with van der Waals surface area (Å²) in [6.07, 6.45) is 1.81. The number of ether oxygens (including phenoxy) is 1. The average Bonchev–Trinajstić information content (AvgIpc) is 2.84. The molecule has 0 saturated heterocycles. The summed E-state index contributed by atoms with van der Waals surface area (Å²) in [5.74, 6) is 6.42. The molecule has 0 unspecified atom stereocenters. The van der Waals surface area contributed by atoms with Gasteiger partial charge in [-0.3, -0.25) is 0 Å². The quantitative estimate of drug-likeness (QED) is 0.682. The lowest BCUT2D eigenvalue weighted by Gasteiger charge is -2.00. The van der Waals surface area contributed by atoms with E-state index in [1.807, 2.05) is 43.5 Å². The Kier molecular flexibility index (Phi) is 3.76. The zero-order valence-corrected chi connectivity index (χ0v) is 12.1. The van der Waals surface area contributed by atoms with E-state index in [2.05, 4.69) is 21.9 Å². The maximum Gasteiger partial charge on any atom is 0.217 e. The highest BCUT2D eigenvalue weighted by molar-refractivity contribution is 6.31. The normalized spacial score (nSPS) is 10.2. The van der Waals surface area contributed by atoms with Crippen molar-refractivity contribution in [3.8, 4) is 17.7 Å². The van der Waals surface area contributed by atoms with E-state index in [1.165, 1.54) is 0 Å². The third kappa shape index (κ3) is 3.15. The van der Waals surface area contributed by atoms with Crippen LogP contribution in [0.3, 0.4) is 0 Å². The number of halogens is 1. The molecule has 0 saturated carbocycles. The summed E-state index contributed by atoms with van der Waals surface area (Å²) in [5, 5.41) is 4.89. The molecule has 2 heterocycles. The molecule has 0 aliphatic heterocycles. The van der Waals surface area contributed by atoms with Crippen LogP contribution in [0.15, 0.2) is 42.6 Å². The molecular formula is C16H12ClN3O. The Morgan fingerprint density at radius 1 is 1.29 bits per heavy atom. The first-order valence-electron chi connectivity index (χ1n) is 6.41. The minimum Gasteiger partial charge on any atom is -0.464 e. The Labute approximate surface area is 127 Å². The van der Waals surface area contributed by atoms with Gasteiger partial charge >= 0.3 is 0 Å². The Bertz CT molecular complexity index is 845. The van der Waals surface area contributed by atoms with Crippen LogP contribution in [0.5, 0.6) is 5.88 Å². The van der Waals surface area contributed by atoms with Crippen molar-refractivity contribution < 1.29 is 4.74 Å². The molecule has 0 atom stereocenters. The van der Waals surface area contributed by atoms with Crippen LogP contribution in [0.25, 0.3) is 5.65 Å². The van der Waals surface area contributed by atoms with E-state index < -0.39 is 0 Å². The van der Waals surface area contributed by atoms with Gasteiger partial charge < -0.3 is 4.74 Å². The second-order valence-corrected chi connectivity index (χ2v) is 4.83. The van der Waals surface area contributed by atoms with Gasteiger partial charge in [0.1, 0.15) is 0 Å². The van der Waals surface area contributed by atoms with Crippen LogP contribution < -0.4 is 4.74 Å². The number of aryl methyl sites for hydroxylation is 1. The van der Waals surface area contributed by atoms with Crippen molar-refractivity contribution in [1.82, 2.24) is 14.6 Å². The van der Waals surface area contributed by atoms with Crippen LogP contribution in [-0.2, 0) is 0 Å². The molecule has 5 heteroatoms. The standard InChI is InChI=1S/C16H12ClN3O/c1-12-11-15-18-16(8-9-20(15)19-12)21-10-4-6-13-5-2-3-7-14(13)17/h2-3,5,7-9,11H,10H2,1H3. The Morgan fingerprint density at radius 3 is 3.00 bits per heavy atom. The van der Waals surface area contributed by atoms with Crippen LogP contribution in [0.4, 0.5) is 0 Å². The van der Waals surface area contributed by atoms with Crippen LogP contribution in [0.2, 0.25) is 5.02 Å². The van der Waals surface area contributed by atoms with Crippen molar-refractivity contribution >= 4 is 17.2 Å². The van der Waals surface area contributed by atoms with E-state index in [0.29, 0.717) is 10.9 Å². The Hall–Kier alpha value is -2.51. The molecule has 0 aliphatic rings. The predicted octanol–water partition coefficient (Wildman–Crippen LogP) is 3.12. The zero-order chi connectivity index (χ0) is 14.7. The lowest BCUT2D eigenvalue weighted by molar-refractivity contribution is 0.355. The molecular weight excluding hydrogens is 286 g/mol. The average molecular weight is 298 g/mol. The second-order valence-electron chi connectivity index (χ2n) is 4.42. The van der Waals surface area contributed by atoms with Gasteiger partial charge in [-0.05, 0) is 19.1 Å². The summed E-state index contributed by atoms with van der Waals surface area (Å²) in [6, 6.07) is 11.1. The fourth-order valence-electron chi connectivity index (χ4n) is 1.87. The second kappa shape index (κ2) is 5.86. The van der Waals surface area contributed by atoms with E-state index in [-0.39, 0.29) is 6.61 Å². The number of rotatable bonds is 2.